The summed E-state index contributed by atoms with van der Waals surface area (Å²) < 4.78 is 5.41. The molecule has 3 heteroatoms. The lowest BCUT2D eigenvalue weighted by Gasteiger charge is -2.31. The average Bonchev–Trinajstić information content (AvgIpc) is 2.20. The van der Waals surface area contributed by atoms with Gasteiger partial charge in [-0.2, -0.15) is 0 Å². The molecule has 0 saturated carbocycles. The molecule has 0 aliphatic carbocycles. The van der Waals surface area contributed by atoms with Gasteiger partial charge in [0.2, 0.25) is 0 Å². The Morgan fingerprint density at radius 2 is 1.63 bits per heavy atom. The number of hydrogen-bond donors (Lipinski definition) is 0. The Labute approximate surface area is 121 Å². The molecule has 0 radical (unpaired) electrons. The zero-order valence-electron chi connectivity index (χ0n) is 14.4. The Kier molecular flexibility index (Phi) is 6.80. The van der Waals surface area contributed by atoms with E-state index in [1.807, 2.05) is 20.8 Å². The normalized spacial score (nSPS) is 13.5. The van der Waals surface area contributed by atoms with Crippen molar-refractivity contribution in [1.82, 2.24) is 0 Å². The van der Waals surface area contributed by atoms with Gasteiger partial charge in [0.15, 0.2) is 0 Å². The van der Waals surface area contributed by atoms with Gasteiger partial charge < -0.3 is 4.74 Å². The SMILES string of the molecule is CCC(C)(C)C(=O)OCCC[Si](C)(C)CC(C)(C)C. The van der Waals surface area contributed by atoms with Crippen LogP contribution in [0.15, 0.2) is 0 Å². The van der Waals surface area contributed by atoms with Crippen molar-refractivity contribution in [2.24, 2.45) is 10.8 Å². The van der Waals surface area contributed by atoms with Crippen LogP contribution in [0.1, 0.15) is 54.4 Å². The molecule has 0 aromatic heterocycles. The van der Waals surface area contributed by atoms with Gasteiger partial charge in [0, 0.05) is 8.07 Å². The molecule has 0 aromatic carbocycles. The van der Waals surface area contributed by atoms with Crippen LogP contribution >= 0.6 is 0 Å². The van der Waals surface area contributed by atoms with Crippen LogP contribution in [0, 0.1) is 10.8 Å². The first-order chi connectivity index (χ1) is 8.40. The fourth-order valence-electron chi connectivity index (χ4n) is 2.58. The van der Waals surface area contributed by atoms with Gasteiger partial charge in [-0.3, -0.25) is 4.79 Å². The van der Waals surface area contributed by atoms with Crippen LogP contribution in [0.5, 0.6) is 0 Å². The largest absolute Gasteiger partial charge is 0.465 e. The number of carbonyl (C=O) groups excluding carboxylic acids is 1. The summed E-state index contributed by atoms with van der Waals surface area (Å²) in [6.07, 6.45) is 1.84. The minimum atomic E-state index is -1.16. The molecule has 0 bridgehead atoms. The molecule has 0 aromatic rings. The van der Waals surface area contributed by atoms with Gasteiger partial charge in [0.1, 0.15) is 0 Å². The van der Waals surface area contributed by atoms with E-state index in [0.29, 0.717) is 12.0 Å². The summed E-state index contributed by atoms with van der Waals surface area (Å²) in [7, 11) is -1.16. The third-order valence-corrected chi connectivity index (χ3v) is 7.40. The maximum Gasteiger partial charge on any atom is 0.311 e. The summed E-state index contributed by atoms with van der Waals surface area (Å²) in [5.41, 5.74) is 0.0783. The molecule has 114 valence electrons. The van der Waals surface area contributed by atoms with Crippen LogP contribution in [0.2, 0.25) is 25.2 Å². The smallest absolute Gasteiger partial charge is 0.311 e. The third kappa shape index (κ3) is 8.46. The minimum absolute atomic E-state index is 0.0507. The highest BCUT2D eigenvalue weighted by atomic mass is 28.3. The van der Waals surface area contributed by atoms with Crippen molar-refractivity contribution in [3.8, 4) is 0 Å². The number of esters is 1. The molecule has 0 rings (SSSR count). The van der Waals surface area contributed by atoms with E-state index in [4.69, 9.17) is 4.74 Å². The van der Waals surface area contributed by atoms with Crippen LogP contribution in [-0.4, -0.2) is 20.7 Å². The molecule has 0 saturated heterocycles. The molecule has 19 heavy (non-hydrogen) atoms. The average molecular weight is 287 g/mol. The lowest BCUT2D eigenvalue weighted by Crippen LogP contribution is -2.31. The summed E-state index contributed by atoms with van der Waals surface area (Å²) in [5, 5.41) is 0. The van der Waals surface area contributed by atoms with E-state index in [1.165, 1.54) is 12.1 Å². The lowest BCUT2D eigenvalue weighted by atomic mass is 9.91. The Balaban J connectivity index is 4.02. The summed E-state index contributed by atoms with van der Waals surface area (Å²) in [4.78, 5) is 11.8. The number of ether oxygens (including phenoxy) is 1. The first kappa shape index (κ1) is 18.7. The lowest BCUT2D eigenvalue weighted by molar-refractivity contribution is -0.154. The van der Waals surface area contributed by atoms with Crippen molar-refractivity contribution in [3.05, 3.63) is 0 Å². The Morgan fingerprint density at radius 1 is 1.11 bits per heavy atom. The first-order valence-corrected chi connectivity index (χ1v) is 11.0. The van der Waals surface area contributed by atoms with Crippen LogP contribution in [0.4, 0.5) is 0 Å². The first-order valence-electron chi connectivity index (χ1n) is 7.57. The maximum absolute atomic E-state index is 11.8. The van der Waals surface area contributed by atoms with Gasteiger partial charge >= 0.3 is 5.97 Å². The second-order valence-electron chi connectivity index (χ2n) is 8.38. The fourth-order valence-corrected chi connectivity index (χ4v) is 6.73. The zero-order chi connectivity index (χ0) is 15.3. The van der Waals surface area contributed by atoms with Gasteiger partial charge in [0.25, 0.3) is 0 Å². The molecule has 2 nitrogen and oxygen atoms in total. The van der Waals surface area contributed by atoms with Crippen molar-refractivity contribution in [2.75, 3.05) is 6.61 Å². The van der Waals surface area contributed by atoms with E-state index < -0.39 is 8.07 Å². The van der Waals surface area contributed by atoms with E-state index in [1.54, 1.807) is 0 Å². The molecule has 0 spiro atoms. The Hall–Kier alpha value is -0.313. The predicted molar refractivity (Wildman–Crippen MR) is 86.2 cm³/mol. The van der Waals surface area contributed by atoms with Gasteiger partial charge in [-0.05, 0) is 32.1 Å². The van der Waals surface area contributed by atoms with E-state index in [9.17, 15) is 4.79 Å². The molecular weight excluding hydrogens is 252 g/mol. The zero-order valence-corrected chi connectivity index (χ0v) is 15.4. The Bertz CT molecular complexity index is 288. The van der Waals surface area contributed by atoms with Crippen molar-refractivity contribution in [2.45, 2.75) is 79.6 Å². The topological polar surface area (TPSA) is 26.3 Å². The van der Waals surface area contributed by atoms with Crippen molar-refractivity contribution >= 4 is 14.0 Å². The summed E-state index contributed by atoms with van der Waals surface area (Å²) >= 11 is 0. The van der Waals surface area contributed by atoms with Crippen LogP contribution in [0.25, 0.3) is 0 Å². The van der Waals surface area contributed by atoms with E-state index in [-0.39, 0.29) is 11.4 Å². The van der Waals surface area contributed by atoms with Crippen molar-refractivity contribution < 1.29 is 9.53 Å². The van der Waals surface area contributed by atoms with E-state index in [0.717, 1.165) is 12.8 Å². The molecule has 0 aliphatic rings. The van der Waals surface area contributed by atoms with Crippen LogP contribution < -0.4 is 0 Å². The highest BCUT2D eigenvalue weighted by Crippen LogP contribution is 2.30. The second-order valence-corrected chi connectivity index (χ2v) is 13.6. The van der Waals surface area contributed by atoms with E-state index in [2.05, 4.69) is 33.9 Å². The number of rotatable bonds is 7. The molecule has 0 amide bonds. The molecular formula is C16H34O2Si. The van der Waals surface area contributed by atoms with Gasteiger partial charge in [-0.15, -0.1) is 0 Å². The standard InChI is InChI=1S/C16H34O2Si/c1-9-16(5,6)14(17)18-11-10-12-19(7,8)13-15(2,3)4/h9-13H2,1-8H3. The van der Waals surface area contributed by atoms with Gasteiger partial charge in [-0.25, -0.2) is 0 Å². The summed E-state index contributed by atoms with van der Waals surface area (Å²) in [6.45, 7) is 18.3. The number of hydrogen-bond acceptors (Lipinski definition) is 2. The van der Waals surface area contributed by atoms with Crippen molar-refractivity contribution in [1.29, 1.82) is 0 Å². The van der Waals surface area contributed by atoms with Gasteiger partial charge in [-0.1, -0.05) is 52.9 Å². The fraction of sp³-hybridized carbons (Fsp3) is 0.938. The molecule has 0 aliphatic heterocycles. The van der Waals surface area contributed by atoms with Crippen LogP contribution in [0.3, 0.4) is 0 Å². The molecule has 0 N–H and O–H groups in total. The molecule has 0 fully saturated rings. The van der Waals surface area contributed by atoms with E-state index >= 15 is 0 Å². The highest BCUT2D eigenvalue weighted by molar-refractivity contribution is 6.77. The van der Waals surface area contributed by atoms with Crippen molar-refractivity contribution in [3.63, 3.8) is 0 Å². The predicted octanol–water partition coefficient (Wildman–Crippen LogP) is 5.11. The minimum Gasteiger partial charge on any atom is -0.465 e. The third-order valence-electron chi connectivity index (χ3n) is 3.68. The highest BCUT2D eigenvalue weighted by Gasteiger charge is 2.29. The number of carbonyl (C=O) groups is 1. The van der Waals surface area contributed by atoms with Gasteiger partial charge in [0.05, 0.1) is 12.0 Å². The maximum atomic E-state index is 11.8. The second kappa shape index (κ2) is 6.92. The monoisotopic (exact) mass is 286 g/mol. The molecule has 0 heterocycles. The quantitative estimate of drug-likeness (QED) is 0.369. The Morgan fingerprint density at radius 3 is 2.05 bits per heavy atom. The summed E-state index contributed by atoms with van der Waals surface area (Å²) in [6, 6.07) is 2.57. The van der Waals surface area contributed by atoms with Crippen LogP contribution in [-0.2, 0) is 9.53 Å². The summed E-state index contributed by atoms with van der Waals surface area (Å²) in [5.74, 6) is -0.0507. The molecule has 0 atom stereocenters. The molecule has 0 unspecified atom stereocenters.